The zero-order chi connectivity index (χ0) is 20.0. The molecule has 0 saturated heterocycles. The fourth-order valence-electron chi connectivity index (χ4n) is 3.08. The number of thiazole rings is 1. The van der Waals surface area contributed by atoms with Crippen molar-refractivity contribution < 1.29 is 8.42 Å². The minimum Gasteiger partial charge on any atom is -0.355 e. The van der Waals surface area contributed by atoms with Crippen LogP contribution < -0.4 is 10.0 Å². The van der Waals surface area contributed by atoms with Crippen molar-refractivity contribution in [1.29, 1.82) is 0 Å². The van der Waals surface area contributed by atoms with E-state index >= 15 is 0 Å². The second-order valence-electron chi connectivity index (χ2n) is 6.60. The zero-order valence-corrected chi connectivity index (χ0v) is 17.8. The minimum absolute atomic E-state index is 0.157. The fraction of sp³-hybridized carbons (Fsp3) is 0.500. The summed E-state index contributed by atoms with van der Waals surface area (Å²) in [6.45, 7) is 1.35. The van der Waals surface area contributed by atoms with E-state index in [1.54, 1.807) is 30.6 Å². The quantitative estimate of drug-likeness (QED) is 0.398. The van der Waals surface area contributed by atoms with Gasteiger partial charge < -0.3 is 10.2 Å². The highest BCUT2D eigenvalue weighted by Crippen LogP contribution is 2.27. The van der Waals surface area contributed by atoms with Gasteiger partial charge in [0.2, 0.25) is 10.0 Å². The molecule has 152 valence electrons. The molecule has 28 heavy (non-hydrogen) atoms. The molecule has 1 aliphatic rings. The number of fused-ring (bicyclic) bond motifs is 1. The van der Waals surface area contributed by atoms with E-state index < -0.39 is 10.0 Å². The molecule has 0 atom stereocenters. The van der Waals surface area contributed by atoms with Crippen LogP contribution in [0.2, 0.25) is 0 Å². The van der Waals surface area contributed by atoms with Gasteiger partial charge in [-0.25, -0.2) is 18.1 Å². The Morgan fingerprint density at radius 1 is 1.32 bits per heavy atom. The Hall–Kier alpha value is -2.04. The van der Waals surface area contributed by atoms with Crippen LogP contribution in [-0.4, -0.2) is 56.4 Å². The van der Waals surface area contributed by atoms with Gasteiger partial charge in [-0.05, 0) is 37.8 Å². The predicted octanol–water partition coefficient (Wildman–Crippen LogP) is 1.40. The van der Waals surface area contributed by atoms with Crippen LogP contribution in [0.25, 0.3) is 0 Å². The van der Waals surface area contributed by atoms with Crippen LogP contribution >= 0.6 is 11.3 Å². The summed E-state index contributed by atoms with van der Waals surface area (Å²) in [4.78, 5) is 16.5. The van der Waals surface area contributed by atoms with Crippen LogP contribution in [0, 0.1) is 0 Å². The number of nitrogens with one attached hydrogen (secondary N) is 2. The second-order valence-corrected chi connectivity index (χ2v) is 9.54. The summed E-state index contributed by atoms with van der Waals surface area (Å²) in [6.07, 6.45) is 7.57. The summed E-state index contributed by atoms with van der Waals surface area (Å²) in [5.41, 5.74) is 1.26. The monoisotopic (exact) mass is 422 g/mol. The predicted molar refractivity (Wildman–Crippen MR) is 111 cm³/mol. The molecule has 0 spiro atoms. The minimum atomic E-state index is -3.55. The van der Waals surface area contributed by atoms with Gasteiger partial charge in [-0.15, -0.1) is 11.3 Å². The van der Waals surface area contributed by atoms with Crippen LogP contribution in [0.5, 0.6) is 0 Å². The van der Waals surface area contributed by atoms with Crippen molar-refractivity contribution in [3.05, 3.63) is 40.1 Å². The summed E-state index contributed by atoms with van der Waals surface area (Å²) in [5.74, 6) is 0.703. The Kier molecular flexibility index (Phi) is 6.97. The summed E-state index contributed by atoms with van der Waals surface area (Å²) in [6, 6.07) is 3.11. The van der Waals surface area contributed by atoms with E-state index in [-0.39, 0.29) is 11.4 Å². The average Bonchev–Trinajstić information content (AvgIpc) is 3.10. The van der Waals surface area contributed by atoms with Crippen LogP contribution in [-0.2, 0) is 29.4 Å². The average molecular weight is 423 g/mol. The summed E-state index contributed by atoms with van der Waals surface area (Å²) >= 11 is 1.79. The highest BCUT2D eigenvalue weighted by molar-refractivity contribution is 7.89. The molecule has 0 unspecified atom stereocenters. The molecule has 2 aromatic rings. The third-order valence-electron chi connectivity index (χ3n) is 4.48. The topological polar surface area (TPSA) is 99.6 Å². The lowest BCUT2D eigenvalue weighted by molar-refractivity contribution is 0.474. The van der Waals surface area contributed by atoms with Crippen LogP contribution in [0.15, 0.2) is 34.4 Å². The second kappa shape index (κ2) is 9.44. The number of hydrogen-bond acceptors (Lipinski definition) is 6. The van der Waals surface area contributed by atoms with Crippen molar-refractivity contribution in [2.75, 3.05) is 27.2 Å². The van der Waals surface area contributed by atoms with Gasteiger partial charge in [0, 0.05) is 44.5 Å². The lowest BCUT2D eigenvalue weighted by Crippen LogP contribution is -2.42. The Bertz CT molecular complexity index is 888. The van der Waals surface area contributed by atoms with Crippen LogP contribution in [0.3, 0.4) is 0 Å². The molecule has 0 saturated carbocycles. The van der Waals surface area contributed by atoms with Crippen molar-refractivity contribution >= 4 is 27.3 Å². The first-order valence-corrected chi connectivity index (χ1v) is 11.6. The number of aromatic nitrogens is 2. The number of hydrogen-bond donors (Lipinski definition) is 2. The lowest BCUT2D eigenvalue weighted by atomic mass is 10.0. The Labute approximate surface area is 170 Å². The summed E-state index contributed by atoms with van der Waals surface area (Å²) in [5, 5.41) is 4.28. The van der Waals surface area contributed by atoms with E-state index in [9.17, 15) is 8.42 Å². The number of rotatable bonds is 7. The van der Waals surface area contributed by atoms with Crippen molar-refractivity contribution in [3.8, 4) is 0 Å². The number of sulfonamides is 1. The zero-order valence-electron chi connectivity index (χ0n) is 16.2. The highest BCUT2D eigenvalue weighted by atomic mass is 32.2. The first kappa shape index (κ1) is 20.7. The SMILES string of the molecule is CN=C(NCCNS(=O)(=O)c1cccnc1)N(C)Cc1nc2c(s1)CCCC2. The van der Waals surface area contributed by atoms with E-state index in [0.717, 1.165) is 17.8 Å². The largest absolute Gasteiger partial charge is 0.355 e. The van der Waals surface area contributed by atoms with Gasteiger partial charge in [-0.2, -0.15) is 0 Å². The van der Waals surface area contributed by atoms with Gasteiger partial charge in [0.15, 0.2) is 5.96 Å². The Balaban J connectivity index is 1.48. The van der Waals surface area contributed by atoms with Gasteiger partial charge in [-0.3, -0.25) is 9.98 Å². The maximum Gasteiger partial charge on any atom is 0.242 e. The molecular formula is C18H26N6O2S2. The molecule has 0 amide bonds. The molecule has 3 rings (SSSR count). The molecule has 0 fully saturated rings. The standard InChI is InChI=1S/C18H26N6O2S2/c1-19-18(21-10-11-22-28(25,26)14-6-5-9-20-12-14)24(2)13-17-23-15-7-3-4-8-16(15)27-17/h5-6,9,12,22H,3-4,7-8,10-11,13H2,1-2H3,(H,19,21). The Morgan fingerprint density at radius 3 is 2.86 bits per heavy atom. The number of aliphatic imine (C=N–C) groups is 1. The maximum absolute atomic E-state index is 12.2. The van der Waals surface area contributed by atoms with Crippen LogP contribution in [0.4, 0.5) is 0 Å². The third-order valence-corrected chi connectivity index (χ3v) is 7.07. The van der Waals surface area contributed by atoms with Gasteiger partial charge in [-0.1, -0.05) is 0 Å². The lowest BCUT2D eigenvalue weighted by Gasteiger charge is -2.21. The number of aryl methyl sites for hydroxylation is 2. The fourth-order valence-corrected chi connectivity index (χ4v) is 5.29. The molecular weight excluding hydrogens is 396 g/mol. The van der Waals surface area contributed by atoms with Crippen molar-refractivity contribution in [1.82, 2.24) is 24.9 Å². The summed E-state index contributed by atoms with van der Waals surface area (Å²) in [7, 11) is 0.118. The Morgan fingerprint density at radius 2 is 2.14 bits per heavy atom. The molecule has 8 nitrogen and oxygen atoms in total. The molecule has 1 aliphatic carbocycles. The third kappa shape index (κ3) is 5.27. The molecule has 10 heteroatoms. The summed E-state index contributed by atoms with van der Waals surface area (Å²) < 4.78 is 26.9. The van der Waals surface area contributed by atoms with E-state index in [4.69, 9.17) is 4.98 Å². The van der Waals surface area contributed by atoms with Gasteiger partial charge in [0.1, 0.15) is 9.90 Å². The molecule has 0 radical (unpaired) electrons. The molecule has 0 aliphatic heterocycles. The van der Waals surface area contributed by atoms with Gasteiger partial charge in [0.25, 0.3) is 0 Å². The maximum atomic E-state index is 12.2. The molecule has 2 heterocycles. The van der Waals surface area contributed by atoms with Crippen LogP contribution in [0.1, 0.15) is 28.4 Å². The highest BCUT2D eigenvalue weighted by Gasteiger charge is 2.17. The van der Waals surface area contributed by atoms with E-state index in [1.165, 1.54) is 35.7 Å². The van der Waals surface area contributed by atoms with Gasteiger partial charge >= 0.3 is 0 Å². The smallest absolute Gasteiger partial charge is 0.242 e. The van der Waals surface area contributed by atoms with Crippen molar-refractivity contribution in [2.24, 2.45) is 4.99 Å². The van der Waals surface area contributed by atoms with Gasteiger partial charge in [0.05, 0.1) is 12.2 Å². The van der Waals surface area contributed by atoms with Crippen molar-refractivity contribution in [2.45, 2.75) is 37.1 Å². The molecule has 0 bridgehead atoms. The molecule has 2 aromatic heterocycles. The van der Waals surface area contributed by atoms with E-state index in [2.05, 4.69) is 20.0 Å². The number of guanidine groups is 1. The number of nitrogens with zero attached hydrogens (tertiary/aromatic N) is 4. The van der Waals surface area contributed by atoms with E-state index in [0.29, 0.717) is 19.0 Å². The first-order valence-electron chi connectivity index (χ1n) is 9.28. The first-order chi connectivity index (χ1) is 13.5. The van der Waals surface area contributed by atoms with E-state index in [1.807, 2.05) is 11.9 Å². The normalized spacial score (nSPS) is 14.6. The number of pyridine rings is 1. The van der Waals surface area contributed by atoms with Crippen molar-refractivity contribution in [3.63, 3.8) is 0 Å². The molecule has 2 N–H and O–H groups in total. The molecule has 0 aromatic carbocycles.